The average molecular weight is 272 g/mol. The van der Waals surface area contributed by atoms with Crippen molar-refractivity contribution in [2.24, 2.45) is 0 Å². The van der Waals surface area contributed by atoms with Crippen molar-refractivity contribution in [2.75, 3.05) is 19.6 Å². The summed E-state index contributed by atoms with van der Waals surface area (Å²) in [6.45, 7) is 8.41. The van der Waals surface area contributed by atoms with Gasteiger partial charge < -0.3 is 9.73 Å². The summed E-state index contributed by atoms with van der Waals surface area (Å²) in [6.07, 6.45) is 1.72. The Bertz CT molecular complexity index is 467. The number of nitrogens with one attached hydrogen (secondary N) is 1. The maximum atomic E-state index is 5.40. The first kappa shape index (κ1) is 14.8. The molecule has 2 rings (SSSR count). The zero-order chi connectivity index (χ0) is 14.2. The Balaban J connectivity index is 1.74. The van der Waals surface area contributed by atoms with Crippen molar-refractivity contribution in [1.82, 2.24) is 10.2 Å². The van der Waals surface area contributed by atoms with E-state index in [9.17, 15) is 0 Å². The van der Waals surface area contributed by atoms with Gasteiger partial charge in [0, 0.05) is 19.6 Å². The van der Waals surface area contributed by atoms with E-state index < -0.39 is 0 Å². The van der Waals surface area contributed by atoms with Gasteiger partial charge in [0.15, 0.2) is 0 Å². The molecular formula is C17H24N2O. The summed E-state index contributed by atoms with van der Waals surface area (Å²) in [5.41, 5.74) is 1.37. The second kappa shape index (κ2) is 7.88. The highest BCUT2D eigenvalue weighted by Crippen LogP contribution is 2.11. The van der Waals surface area contributed by atoms with Crippen LogP contribution in [0.3, 0.4) is 0 Å². The van der Waals surface area contributed by atoms with Crippen LogP contribution in [0.4, 0.5) is 0 Å². The third-order valence-corrected chi connectivity index (χ3v) is 3.54. The molecule has 0 aliphatic rings. The molecule has 108 valence electrons. The molecule has 0 bridgehead atoms. The molecular weight excluding hydrogens is 248 g/mol. The van der Waals surface area contributed by atoms with Crippen LogP contribution >= 0.6 is 0 Å². The molecule has 1 aromatic carbocycles. The summed E-state index contributed by atoms with van der Waals surface area (Å²) in [5.74, 6) is 0.996. The topological polar surface area (TPSA) is 28.4 Å². The van der Waals surface area contributed by atoms with E-state index in [1.54, 1.807) is 6.26 Å². The van der Waals surface area contributed by atoms with Gasteiger partial charge in [0.2, 0.25) is 0 Å². The summed E-state index contributed by atoms with van der Waals surface area (Å²) in [4.78, 5) is 2.44. The molecule has 1 aromatic heterocycles. The lowest BCUT2D eigenvalue weighted by atomic mass is 10.2. The van der Waals surface area contributed by atoms with Crippen molar-refractivity contribution in [3.8, 4) is 0 Å². The standard InChI is InChI=1S/C17H24N2O/c1-3-19(14-16-8-5-4-6-9-16)12-11-18-15(2)17-10-7-13-20-17/h4-10,13,15,18H,3,11-12,14H2,1-2H3. The zero-order valence-electron chi connectivity index (χ0n) is 12.4. The van der Waals surface area contributed by atoms with Crippen molar-refractivity contribution in [3.05, 3.63) is 60.1 Å². The Kier molecular flexibility index (Phi) is 5.84. The van der Waals surface area contributed by atoms with E-state index in [2.05, 4.69) is 54.4 Å². The third-order valence-electron chi connectivity index (χ3n) is 3.54. The minimum atomic E-state index is 0.264. The van der Waals surface area contributed by atoms with Gasteiger partial charge in [-0.2, -0.15) is 0 Å². The number of benzene rings is 1. The van der Waals surface area contributed by atoms with Crippen molar-refractivity contribution < 1.29 is 4.42 Å². The number of likely N-dealkylation sites (N-methyl/N-ethyl adjacent to an activating group) is 1. The quantitative estimate of drug-likeness (QED) is 0.798. The van der Waals surface area contributed by atoms with Gasteiger partial charge in [0.1, 0.15) is 5.76 Å². The van der Waals surface area contributed by atoms with Crippen LogP contribution in [0, 0.1) is 0 Å². The number of rotatable bonds is 8. The summed E-state index contributed by atoms with van der Waals surface area (Å²) >= 11 is 0. The van der Waals surface area contributed by atoms with Crippen LogP contribution in [0.1, 0.15) is 31.2 Å². The van der Waals surface area contributed by atoms with Gasteiger partial charge >= 0.3 is 0 Å². The lowest BCUT2D eigenvalue weighted by Gasteiger charge is -2.21. The Morgan fingerprint density at radius 1 is 1.15 bits per heavy atom. The Morgan fingerprint density at radius 3 is 2.60 bits per heavy atom. The maximum absolute atomic E-state index is 5.40. The number of hydrogen-bond donors (Lipinski definition) is 1. The van der Waals surface area contributed by atoms with E-state index in [4.69, 9.17) is 4.42 Å². The molecule has 0 saturated heterocycles. The molecule has 0 aliphatic carbocycles. The van der Waals surface area contributed by atoms with Gasteiger partial charge in [-0.1, -0.05) is 37.3 Å². The zero-order valence-corrected chi connectivity index (χ0v) is 12.4. The molecule has 0 amide bonds. The monoisotopic (exact) mass is 272 g/mol. The molecule has 0 fully saturated rings. The van der Waals surface area contributed by atoms with Crippen LogP contribution in [0.2, 0.25) is 0 Å². The fraction of sp³-hybridized carbons (Fsp3) is 0.412. The number of furan rings is 1. The molecule has 0 saturated carbocycles. The molecule has 1 N–H and O–H groups in total. The van der Waals surface area contributed by atoms with E-state index in [1.807, 2.05) is 12.1 Å². The van der Waals surface area contributed by atoms with Gasteiger partial charge in [0.05, 0.1) is 12.3 Å². The second-order valence-electron chi connectivity index (χ2n) is 5.05. The molecule has 0 radical (unpaired) electrons. The SMILES string of the molecule is CCN(CCNC(C)c1ccco1)Cc1ccccc1. The van der Waals surface area contributed by atoms with Crippen LogP contribution < -0.4 is 5.32 Å². The summed E-state index contributed by atoms with van der Waals surface area (Å²) in [6, 6.07) is 14.8. The fourth-order valence-corrected chi connectivity index (χ4v) is 2.27. The first-order chi connectivity index (χ1) is 9.79. The molecule has 1 atom stereocenters. The molecule has 0 aliphatic heterocycles. The fourth-order valence-electron chi connectivity index (χ4n) is 2.27. The van der Waals surface area contributed by atoms with Crippen LogP contribution in [0.15, 0.2) is 53.1 Å². The van der Waals surface area contributed by atoms with Crippen LogP contribution in [-0.4, -0.2) is 24.5 Å². The minimum Gasteiger partial charge on any atom is -0.468 e. The van der Waals surface area contributed by atoms with Crippen LogP contribution in [0.25, 0.3) is 0 Å². The van der Waals surface area contributed by atoms with E-state index >= 15 is 0 Å². The minimum absolute atomic E-state index is 0.264. The van der Waals surface area contributed by atoms with Gasteiger partial charge in [-0.25, -0.2) is 0 Å². The predicted molar refractivity (Wildman–Crippen MR) is 82.5 cm³/mol. The van der Waals surface area contributed by atoms with Crippen LogP contribution in [0.5, 0.6) is 0 Å². The Labute approximate surface area is 121 Å². The van der Waals surface area contributed by atoms with Crippen LogP contribution in [-0.2, 0) is 6.54 Å². The maximum Gasteiger partial charge on any atom is 0.120 e. The van der Waals surface area contributed by atoms with Gasteiger partial charge in [-0.3, -0.25) is 4.90 Å². The van der Waals surface area contributed by atoms with Gasteiger partial charge in [-0.05, 0) is 31.2 Å². The summed E-state index contributed by atoms with van der Waals surface area (Å²) in [7, 11) is 0. The van der Waals surface area contributed by atoms with Gasteiger partial charge in [0.25, 0.3) is 0 Å². The predicted octanol–water partition coefficient (Wildman–Crippen LogP) is 3.45. The highest BCUT2D eigenvalue weighted by atomic mass is 16.3. The number of hydrogen-bond acceptors (Lipinski definition) is 3. The molecule has 3 nitrogen and oxygen atoms in total. The highest BCUT2D eigenvalue weighted by Gasteiger charge is 2.08. The molecule has 2 aromatic rings. The third kappa shape index (κ3) is 4.51. The Morgan fingerprint density at radius 2 is 1.95 bits per heavy atom. The van der Waals surface area contributed by atoms with Gasteiger partial charge in [-0.15, -0.1) is 0 Å². The number of nitrogens with zero attached hydrogens (tertiary/aromatic N) is 1. The van der Waals surface area contributed by atoms with E-state index in [1.165, 1.54) is 5.56 Å². The lowest BCUT2D eigenvalue weighted by Crippen LogP contribution is -2.32. The molecule has 20 heavy (non-hydrogen) atoms. The Hall–Kier alpha value is -1.58. The average Bonchev–Trinajstić information content (AvgIpc) is 3.01. The second-order valence-corrected chi connectivity index (χ2v) is 5.05. The van der Waals surface area contributed by atoms with E-state index in [-0.39, 0.29) is 6.04 Å². The van der Waals surface area contributed by atoms with Crippen molar-refractivity contribution in [1.29, 1.82) is 0 Å². The molecule has 1 unspecified atom stereocenters. The van der Waals surface area contributed by atoms with E-state index in [0.29, 0.717) is 0 Å². The van der Waals surface area contributed by atoms with Crippen molar-refractivity contribution in [3.63, 3.8) is 0 Å². The smallest absolute Gasteiger partial charge is 0.120 e. The van der Waals surface area contributed by atoms with E-state index in [0.717, 1.165) is 31.9 Å². The molecule has 0 spiro atoms. The molecule has 3 heteroatoms. The first-order valence-electron chi connectivity index (χ1n) is 7.32. The highest BCUT2D eigenvalue weighted by molar-refractivity contribution is 5.14. The lowest BCUT2D eigenvalue weighted by molar-refractivity contribution is 0.272. The summed E-state index contributed by atoms with van der Waals surface area (Å²) < 4.78 is 5.40. The first-order valence-corrected chi connectivity index (χ1v) is 7.32. The normalized spacial score (nSPS) is 12.8. The molecule has 1 heterocycles. The largest absolute Gasteiger partial charge is 0.468 e. The summed E-state index contributed by atoms with van der Waals surface area (Å²) in [5, 5.41) is 3.50. The van der Waals surface area contributed by atoms with Crippen molar-refractivity contribution in [2.45, 2.75) is 26.4 Å². The van der Waals surface area contributed by atoms with Crippen molar-refractivity contribution >= 4 is 0 Å².